The summed E-state index contributed by atoms with van der Waals surface area (Å²) in [4.78, 5) is 10.9. The van der Waals surface area contributed by atoms with Crippen LogP contribution in [0, 0.1) is 5.92 Å². The number of carboxylic acid groups (broad SMARTS) is 1. The van der Waals surface area contributed by atoms with E-state index in [0.29, 0.717) is 17.5 Å². The molecule has 1 aliphatic rings. The number of hydrogen-bond donors (Lipinski definition) is 2. The lowest BCUT2D eigenvalue weighted by Crippen LogP contribution is -2.36. The van der Waals surface area contributed by atoms with Crippen molar-refractivity contribution in [3.8, 4) is 0 Å². The molecule has 1 aromatic rings. The number of rotatable bonds is 5. The summed E-state index contributed by atoms with van der Waals surface area (Å²) in [5.74, 6) is -0.249. The predicted octanol–water partition coefficient (Wildman–Crippen LogP) is 3.05. The molecular weight excluding hydrogens is 322 g/mol. The lowest BCUT2D eigenvalue weighted by Gasteiger charge is -2.28. The van der Waals surface area contributed by atoms with Crippen molar-refractivity contribution >= 4 is 21.9 Å². The Morgan fingerprint density at radius 1 is 1.50 bits per heavy atom. The lowest BCUT2D eigenvalue weighted by molar-refractivity contribution is 0.0558. The molecule has 1 heterocycles. The number of ether oxygens (including phenoxy) is 1. The van der Waals surface area contributed by atoms with Gasteiger partial charge in [0.1, 0.15) is 0 Å². The zero-order valence-electron chi connectivity index (χ0n) is 11.6. The Labute approximate surface area is 127 Å². The number of hydrogen-bond acceptors (Lipinski definition) is 3. The van der Waals surface area contributed by atoms with Gasteiger partial charge in [-0.05, 0) is 43.4 Å². The summed E-state index contributed by atoms with van der Waals surface area (Å²) < 4.78 is 6.21. The third-order valence-corrected chi connectivity index (χ3v) is 4.63. The van der Waals surface area contributed by atoms with E-state index in [1.165, 1.54) is 0 Å². The van der Waals surface area contributed by atoms with Crippen LogP contribution in [0.4, 0.5) is 0 Å². The Bertz CT molecular complexity index is 472. The molecule has 0 bridgehead atoms. The highest BCUT2D eigenvalue weighted by Crippen LogP contribution is 2.21. The van der Waals surface area contributed by atoms with Crippen LogP contribution >= 0.6 is 15.9 Å². The fraction of sp³-hybridized carbons (Fsp3) is 0.533. The largest absolute Gasteiger partial charge is 0.478 e. The van der Waals surface area contributed by atoms with E-state index >= 15 is 0 Å². The first-order valence-corrected chi connectivity index (χ1v) is 7.70. The Hall–Kier alpha value is -0.910. The predicted molar refractivity (Wildman–Crippen MR) is 80.9 cm³/mol. The maximum absolute atomic E-state index is 10.9. The van der Waals surface area contributed by atoms with Crippen molar-refractivity contribution in [3.05, 3.63) is 33.8 Å². The van der Waals surface area contributed by atoms with E-state index in [0.717, 1.165) is 42.6 Å². The first-order chi connectivity index (χ1) is 9.58. The second kappa shape index (κ2) is 7.20. The maximum atomic E-state index is 10.9. The first kappa shape index (κ1) is 15.5. The van der Waals surface area contributed by atoms with Crippen LogP contribution < -0.4 is 5.32 Å². The van der Waals surface area contributed by atoms with Crippen molar-refractivity contribution in [3.63, 3.8) is 0 Å². The number of carboxylic acids is 1. The lowest BCUT2D eigenvalue weighted by atomic mass is 9.93. The summed E-state index contributed by atoms with van der Waals surface area (Å²) in [5, 5.41) is 12.5. The van der Waals surface area contributed by atoms with Gasteiger partial charge in [0.05, 0.1) is 5.56 Å². The fourth-order valence-electron chi connectivity index (χ4n) is 2.48. The Balaban J connectivity index is 1.91. The zero-order valence-corrected chi connectivity index (χ0v) is 13.1. The molecule has 5 heteroatoms. The van der Waals surface area contributed by atoms with Gasteiger partial charge in [0.25, 0.3) is 0 Å². The SMILES string of the molecule is CC(NCc1ccc(C(=O)O)cc1Br)C1CCOCC1. The van der Waals surface area contributed by atoms with E-state index in [4.69, 9.17) is 9.84 Å². The van der Waals surface area contributed by atoms with Crippen molar-refractivity contribution in [2.75, 3.05) is 13.2 Å². The van der Waals surface area contributed by atoms with Gasteiger partial charge in [-0.2, -0.15) is 0 Å². The average Bonchev–Trinajstić information content (AvgIpc) is 2.46. The molecule has 0 radical (unpaired) electrons. The summed E-state index contributed by atoms with van der Waals surface area (Å²) in [6.45, 7) is 4.65. The van der Waals surface area contributed by atoms with Crippen LogP contribution in [-0.2, 0) is 11.3 Å². The molecule has 0 saturated carbocycles. The number of nitrogens with one attached hydrogen (secondary N) is 1. The molecule has 1 aromatic carbocycles. The molecule has 1 aliphatic heterocycles. The molecule has 0 amide bonds. The highest BCUT2D eigenvalue weighted by atomic mass is 79.9. The molecule has 2 rings (SSSR count). The van der Waals surface area contributed by atoms with Gasteiger partial charge in [-0.25, -0.2) is 4.79 Å². The van der Waals surface area contributed by atoms with Crippen LogP contribution in [0.25, 0.3) is 0 Å². The van der Waals surface area contributed by atoms with E-state index < -0.39 is 5.97 Å². The van der Waals surface area contributed by atoms with Gasteiger partial charge in [-0.3, -0.25) is 0 Å². The van der Waals surface area contributed by atoms with E-state index in [2.05, 4.69) is 28.2 Å². The third kappa shape index (κ3) is 4.04. The second-order valence-electron chi connectivity index (χ2n) is 5.23. The minimum atomic E-state index is -0.902. The smallest absolute Gasteiger partial charge is 0.335 e. The van der Waals surface area contributed by atoms with Crippen LogP contribution in [0.2, 0.25) is 0 Å². The van der Waals surface area contributed by atoms with Gasteiger partial charge < -0.3 is 15.2 Å². The normalized spacial score (nSPS) is 17.9. The molecule has 2 N–H and O–H groups in total. The standard InChI is InChI=1S/C15H20BrNO3/c1-10(11-4-6-20-7-5-11)17-9-13-3-2-12(15(18)19)8-14(13)16/h2-3,8,10-11,17H,4-7,9H2,1H3,(H,18,19). The van der Waals surface area contributed by atoms with Crippen molar-refractivity contribution in [1.29, 1.82) is 0 Å². The number of aromatic carboxylic acids is 1. The molecule has 110 valence electrons. The van der Waals surface area contributed by atoms with E-state index in [-0.39, 0.29) is 0 Å². The number of halogens is 1. The van der Waals surface area contributed by atoms with Gasteiger partial charge in [-0.15, -0.1) is 0 Å². The molecule has 0 aliphatic carbocycles. The minimum absolute atomic E-state index is 0.304. The summed E-state index contributed by atoms with van der Waals surface area (Å²) in [6.07, 6.45) is 2.21. The topological polar surface area (TPSA) is 58.6 Å². The van der Waals surface area contributed by atoms with Crippen molar-refractivity contribution in [2.24, 2.45) is 5.92 Å². The van der Waals surface area contributed by atoms with Crippen molar-refractivity contribution < 1.29 is 14.6 Å². The minimum Gasteiger partial charge on any atom is -0.478 e. The quantitative estimate of drug-likeness (QED) is 0.864. The van der Waals surface area contributed by atoms with Gasteiger partial charge >= 0.3 is 5.97 Å². The van der Waals surface area contributed by atoms with Gasteiger partial charge in [0, 0.05) is 30.3 Å². The molecule has 0 spiro atoms. The Kier molecular flexibility index (Phi) is 5.57. The summed E-state index contributed by atoms with van der Waals surface area (Å²) in [6, 6.07) is 5.59. The highest BCUT2D eigenvalue weighted by Gasteiger charge is 2.20. The molecule has 4 nitrogen and oxygen atoms in total. The van der Waals surface area contributed by atoms with Crippen molar-refractivity contribution in [1.82, 2.24) is 5.32 Å². The monoisotopic (exact) mass is 341 g/mol. The Morgan fingerprint density at radius 2 is 2.20 bits per heavy atom. The zero-order chi connectivity index (χ0) is 14.5. The number of benzene rings is 1. The second-order valence-corrected chi connectivity index (χ2v) is 6.09. The van der Waals surface area contributed by atoms with Crippen LogP contribution in [0.3, 0.4) is 0 Å². The summed E-state index contributed by atoms with van der Waals surface area (Å²) in [5.41, 5.74) is 1.38. The third-order valence-electron chi connectivity index (χ3n) is 3.89. The van der Waals surface area contributed by atoms with Crippen LogP contribution in [0.5, 0.6) is 0 Å². The summed E-state index contributed by atoms with van der Waals surface area (Å²) in [7, 11) is 0. The molecule has 20 heavy (non-hydrogen) atoms. The fourth-order valence-corrected chi connectivity index (χ4v) is 3.00. The average molecular weight is 342 g/mol. The van der Waals surface area contributed by atoms with Gasteiger partial charge in [-0.1, -0.05) is 22.0 Å². The molecule has 1 atom stereocenters. The van der Waals surface area contributed by atoms with Crippen molar-refractivity contribution in [2.45, 2.75) is 32.4 Å². The molecular formula is C15H20BrNO3. The summed E-state index contributed by atoms with van der Waals surface area (Å²) >= 11 is 3.44. The van der Waals surface area contributed by atoms with Crippen LogP contribution in [0.15, 0.2) is 22.7 Å². The maximum Gasteiger partial charge on any atom is 0.335 e. The van der Waals surface area contributed by atoms with Gasteiger partial charge in [0.2, 0.25) is 0 Å². The highest BCUT2D eigenvalue weighted by molar-refractivity contribution is 9.10. The van der Waals surface area contributed by atoms with Crippen LogP contribution in [0.1, 0.15) is 35.7 Å². The van der Waals surface area contributed by atoms with E-state index in [1.54, 1.807) is 12.1 Å². The molecule has 1 unspecified atom stereocenters. The van der Waals surface area contributed by atoms with Crippen LogP contribution in [-0.4, -0.2) is 30.3 Å². The molecule has 1 saturated heterocycles. The van der Waals surface area contributed by atoms with Gasteiger partial charge in [0.15, 0.2) is 0 Å². The van der Waals surface area contributed by atoms with E-state index in [1.807, 2.05) is 6.07 Å². The first-order valence-electron chi connectivity index (χ1n) is 6.91. The molecule has 0 aromatic heterocycles. The van der Waals surface area contributed by atoms with E-state index in [9.17, 15) is 4.79 Å². The Morgan fingerprint density at radius 3 is 2.80 bits per heavy atom. The number of carbonyl (C=O) groups is 1. The molecule has 1 fully saturated rings.